The van der Waals surface area contributed by atoms with E-state index in [-0.39, 0.29) is 17.9 Å². The molecule has 23 heavy (non-hydrogen) atoms. The Bertz CT molecular complexity index is 724. The molecular formula is C18H20N2O3. The van der Waals surface area contributed by atoms with Gasteiger partial charge < -0.3 is 15.0 Å². The number of esters is 1. The lowest BCUT2D eigenvalue weighted by Gasteiger charge is -2.18. The molecule has 0 aromatic heterocycles. The Kier molecular flexibility index (Phi) is 4.46. The van der Waals surface area contributed by atoms with Crippen molar-refractivity contribution in [2.24, 2.45) is 5.92 Å². The van der Waals surface area contributed by atoms with Crippen molar-refractivity contribution in [3.63, 3.8) is 0 Å². The van der Waals surface area contributed by atoms with Crippen LogP contribution in [0.25, 0.3) is 10.8 Å². The normalized spacial score (nSPS) is 17.3. The predicted molar refractivity (Wildman–Crippen MR) is 89.3 cm³/mol. The number of likely N-dealkylation sites (tertiary alicyclic amines) is 1. The molecule has 5 nitrogen and oxygen atoms in total. The van der Waals surface area contributed by atoms with Gasteiger partial charge in [0.05, 0.1) is 19.2 Å². The van der Waals surface area contributed by atoms with Crippen LogP contribution in [0.1, 0.15) is 12.8 Å². The fourth-order valence-corrected chi connectivity index (χ4v) is 3.03. The van der Waals surface area contributed by atoms with E-state index in [2.05, 4.69) is 5.32 Å². The highest BCUT2D eigenvalue weighted by atomic mass is 16.5. The molecule has 0 unspecified atom stereocenters. The third-order valence-electron chi connectivity index (χ3n) is 4.29. The van der Waals surface area contributed by atoms with E-state index in [1.165, 1.54) is 7.11 Å². The zero-order valence-electron chi connectivity index (χ0n) is 13.1. The number of anilines is 1. The van der Waals surface area contributed by atoms with Gasteiger partial charge in [-0.2, -0.15) is 0 Å². The van der Waals surface area contributed by atoms with Crippen molar-refractivity contribution >= 4 is 28.5 Å². The van der Waals surface area contributed by atoms with E-state index in [1.54, 1.807) is 4.90 Å². The minimum absolute atomic E-state index is 0.117. The zero-order valence-corrected chi connectivity index (χ0v) is 13.1. The molecular weight excluding hydrogens is 292 g/mol. The number of nitrogens with one attached hydrogen (secondary N) is 1. The van der Waals surface area contributed by atoms with Crippen LogP contribution in [0.15, 0.2) is 42.5 Å². The van der Waals surface area contributed by atoms with Gasteiger partial charge in [-0.05, 0) is 23.8 Å². The Hall–Kier alpha value is -2.56. The Morgan fingerprint density at radius 3 is 2.83 bits per heavy atom. The number of methoxy groups -OCH3 is 1. The monoisotopic (exact) mass is 312 g/mol. The van der Waals surface area contributed by atoms with Gasteiger partial charge in [-0.25, -0.2) is 4.79 Å². The fourth-order valence-electron chi connectivity index (χ4n) is 3.03. The maximum Gasteiger partial charge on any atom is 0.321 e. The van der Waals surface area contributed by atoms with Gasteiger partial charge in [0.1, 0.15) is 0 Å². The van der Waals surface area contributed by atoms with Crippen molar-refractivity contribution in [3.05, 3.63) is 42.5 Å². The highest BCUT2D eigenvalue weighted by molar-refractivity contribution is 6.01. The molecule has 0 bridgehead atoms. The van der Waals surface area contributed by atoms with Crippen LogP contribution < -0.4 is 5.32 Å². The van der Waals surface area contributed by atoms with Crippen molar-refractivity contribution in [1.82, 2.24) is 4.90 Å². The SMILES string of the molecule is COC(=O)C[C@H]1CCN(C(=O)Nc2cccc3ccccc23)C1. The van der Waals surface area contributed by atoms with Gasteiger partial charge in [0.2, 0.25) is 0 Å². The minimum atomic E-state index is -0.216. The first kappa shape index (κ1) is 15.3. The summed E-state index contributed by atoms with van der Waals surface area (Å²) < 4.78 is 4.69. The topological polar surface area (TPSA) is 58.6 Å². The summed E-state index contributed by atoms with van der Waals surface area (Å²) in [4.78, 5) is 25.6. The Labute approximate surface area is 135 Å². The molecule has 0 saturated carbocycles. The average molecular weight is 312 g/mol. The largest absolute Gasteiger partial charge is 0.469 e. The first-order valence-corrected chi connectivity index (χ1v) is 7.78. The van der Waals surface area contributed by atoms with E-state index < -0.39 is 0 Å². The molecule has 2 aromatic carbocycles. The van der Waals surface area contributed by atoms with Crippen molar-refractivity contribution in [3.8, 4) is 0 Å². The van der Waals surface area contributed by atoms with Gasteiger partial charge >= 0.3 is 12.0 Å². The molecule has 120 valence electrons. The lowest BCUT2D eigenvalue weighted by atomic mass is 10.1. The highest BCUT2D eigenvalue weighted by Gasteiger charge is 2.28. The molecule has 1 aliphatic rings. The first-order chi connectivity index (χ1) is 11.2. The van der Waals surface area contributed by atoms with Gasteiger partial charge in [0.15, 0.2) is 0 Å². The minimum Gasteiger partial charge on any atom is -0.469 e. The van der Waals surface area contributed by atoms with E-state index in [0.717, 1.165) is 22.9 Å². The Balaban J connectivity index is 1.66. The maximum atomic E-state index is 12.5. The van der Waals surface area contributed by atoms with E-state index in [4.69, 9.17) is 4.74 Å². The number of carbonyl (C=O) groups excluding carboxylic acids is 2. The second-order valence-corrected chi connectivity index (χ2v) is 5.84. The molecule has 1 saturated heterocycles. The summed E-state index contributed by atoms with van der Waals surface area (Å²) >= 11 is 0. The summed E-state index contributed by atoms with van der Waals surface area (Å²) in [6.45, 7) is 1.25. The standard InChI is InChI=1S/C18H20N2O3/c1-23-17(21)11-13-9-10-20(12-13)18(22)19-16-8-4-6-14-5-2-3-7-15(14)16/h2-8,13H,9-12H2,1H3,(H,19,22)/t13-/m1/s1. The van der Waals surface area contributed by atoms with E-state index in [0.29, 0.717) is 19.5 Å². The third-order valence-corrected chi connectivity index (χ3v) is 4.29. The molecule has 1 aliphatic heterocycles. The molecule has 1 atom stereocenters. The molecule has 0 radical (unpaired) electrons. The Morgan fingerprint density at radius 1 is 1.22 bits per heavy atom. The predicted octanol–water partition coefficient (Wildman–Crippen LogP) is 3.26. The number of hydrogen-bond acceptors (Lipinski definition) is 3. The van der Waals surface area contributed by atoms with Gasteiger partial charge in [0, 0.05) is 18.5 Å². The maximum absolute atomic E-state index is 12.5. The lowest BCUT2D eigenvalue weighted by Crippen LogP contribution is -2.33. The number of fused-ring (bicyclic) bond motifs is 1. The number of nitrogens with zero attached hydrogens (tertiary/aromatic N) is 1. The fraction of sp³-hybridized carbons (Fsp3) is 0.333. The van der Waals surface area contributed by atoms with Crippen molar-refractivity contribution in [2.45, 2.75) is 12.8 Å². The third kappa shape index (κ3) is 3.44. The highest BCUT2D eigenvalue weighted by Crippen LogP contribution is 2.25. The van der Waals surface area contributed by atoms with Crippen molar-refractivity contribution in [2.75, 3.05) is 25.5 Å². The van der Waals surface area contributed by atoms with E-state index in [1.807, 2.05) is 42.5 Å². The van der Waals surface area contributed by atoms with Gasteiger partial charge in [-0.15, -0.1) is 0 Å². The first-order valence-electron chi connectivity index (χ1n) is 7.78. The summed E-state index contributed by atoms with van der Waals surface area (Å²) in [5.74, 6) is -0.0352. The number of hydrogen-bond donors (Lipinski definition) is 1. The van der Waals surface area contributed by atoms with Gasteiger partial charge in [-0.3, -0.25) is 4.79 Å². The van der Waals surface area contributed by atoms with Crippen LogP contribution >= 0.6 is 0 Å². The number of benzene rings is 2. The summed E-state index contributed by atoms with van der Waals surface area (Å²) in [7, 11) is 1.39. The summed E-state index contributed by atoms with van der Waals surface area (Å²) in [6.07, 6.45) is 1.20. The second kappa shape index (κ2) is 6.69. The van der Waals surface area contributed by atoms with Crippen LogP contribution in [0.2, 0.25) is 0 Å². The number of ether oxygens (including phenoxy) is 1. The quantitative estimate of drug-likeness (QED) is 0.885. The molecule has 1 fully saturated rings. The summed E-state index contributed by atoms with van der Waals surface area (Å²) in [5, 5.41) is 5.10. The van der Waals surface area contributed by atoms with Crippen LogP contribution in [0.4, 0.5) is 10.5 Å². The summed E-state index contributed by atoms with van der Waals surface area (Å²) in [6, 6.07) is 13.7. The van der Waals surface area contributed by atoms with Crippen LogP contribution in [-0.4, -0.2) is 37.1 Å². The molecule has 1 N–H and O–H groups in total. The molecule has 0 spiro atoms. The number of urea groups is 1. The van der Waals surface area contributed by atoms with Crippen LogP contribution in [0.5, 0.6) is 0 Å². The zero-order chi connectivity index (χ0) is 16.2. The van der Waals surface area contributed by atoms with Crippen molar-refractivity contribution < 1.29 is 14.3 Å². The van der Waals surface area contributed by atoms with Crippen LogP contribution in [0, 0.1) is 5.92 Å². The number of rotatable bonds is 3. The number of amides is 2. The molecule has 1 heterocycles. The smallest absolute Gasteiger partial charge is 0.321 e. The molecule has 0 aliphatic carbocycles. The molecule has 2 aromatic rings. The van der Waals surface area contributed by atoms with Crippen LogP contribution in [-0.2, 0) is 9.53 Å². The second-order valence-electron chi connectivity index (χ2n) is 5.84. The molecule has 2 amide bonds. The number of carbonyl (C=O) groups is 2. The van der Waals surface area contributed by atoms with Crippen LogP contribution in [0.3, 0.4) is 0 Å². The average Bonchev–Trinajstić information content (AvgIpc) is 3.03. The van der Waals surface area contributed by atoms with E-state index in [9.17, 15) is 9.59 Å². The Morgan fingerprint density at radius 2 is 2.00 bits per heavy atom. The van der Waals surface area contributed by atoms with Crippen molar-refractivity contribution in [1.29, 1.82) is 0 Å². The molecule has 5 heteroatoms. The molecule has 3 rings (SSSR count). The van der Waals surface area contributed by atoms with E-state index >= 15 is 0 Å². The lowest BCUT2D eigenvalue weighted by molar-refractivity contribution is -0.141. The van der Waals surface area contributed by atoms with Gasteiger partial charge in [0.25, 0.3) is 0 Å². The summed E-state index contributed by atoms with van der Waals surface area (Å²) in [5.41, 5.74) is 0.810. The van der Waals surface area contributed by atoms with Gasteiger partial charge in [-0.1, -0.05) is 36.4 Å².